The van der Waals surface area contributed by atoms with Crippen molar-refractivity contribution in [3.63, 3.8) is 0 Å². The van der Waals surface area contributed by atoms with Crippen LogP contribution >= 0.6 is 0 Å². The lowest BCUT2D eigenvalue weighted by atomic mass is 10.1. The molecule has 24 heavy (non-hydrogen) atoms. The molecule has 0 radical (unpaired) electrons. The minimum atomic E-state index is 0.678. The maximum Gasteiger partial charge on any atom is 0.133 e. The van der Waals surface area contributed by atoms with Crippen LogP contribution in [0.15, 0.2) is 46.8 Å². The Hall–Kier alpha value is -1.94. The third kappa shape index (κ3) is 4.32. The van der Waals surface area contributed by atoms with Crippen LogP contribution in [0.2, 0.25) is 0 Å². The number of hydrogen-bond donors (Lipinski definition) is 1. The highest BCUT2D eigenvalue weighted by Crippen LogP contribution is 2.19. The van der Waals surface area contributed by atoms with Crippen molar-refractivity contribution in [2.75, 3.05) is 26.8 Å². The maximum atomic E-state index is 5.44. The van der Waals surface area contributed by atoms with Crippen molar-refractivity contribution in [2.24, 2.45) is 5.92 Å². The average Bonchev–Trinajstić information content (AvgIpc) is 3.15. The first-order chi connectivity index (χ1) is 11.6. The molecule has 0 saturated carbocycles. The zero-order valence-electron chi connectivity index (χ0n) is 15.1. The lowest BCUT2D eigenvalue weighted by Crippen LogP contribution is -2.29. The van der Waals surface area contributed by atoms with E-state index < -0.39 is 0 Å². The van der Waals surface area contributed by atoms with E-state index in [9.17, 15) is 0 Å². The lowest BCUT2D eigenvalue weighted by molar-refractivity contribution is 0.231. The number of hydrogen-bond acceptors (Lipinski definition) is 4. The van der Waals surface area contributed by atoms with Crippen LogP contribution < -0.4 is 5.32 Å². The molecule has 4 nitrogen and oxygen atoms in total. The first-order valence-corrected chi connectivity index (χ1v) is 8.94. The Kier molecular flexibility index (Phi) is 5.46. The average molecular weight is 327 g/mol. The summed E-state index contributed by atoms with van der Waals surface area (Å²) in [6.07, 6.45) is 6.25. The Labute approximate surface area is 145 Å². The molecule has 1 N–H and O–H groups in total. The molecule has 3 rings (SSSR count). The van der Waals surface area contributed by atoms with Crippen molar-refractivity contribution >= 4 is 11.0 Å². The van der Waals surface area contributed by atoms with Gasteiger partial charge in [0, 0.05) is 37.4 Å². The summed E-state index contributed by atoms with van der Waals surface area (Å²) < 4.78 is 5.44. The summed E-state index contributed by atoms with van der Waals surface area (Å²) in [4.78, 5) is 4.87. The highest BCUT2D eigenvalue weighted by Gasteiger charge is 2.12. The van der Waals surface area contributed by atoms with Crippen molar-refractivity contribution in [3.8, 4) is 0 Å². The van der Waals surface area contributed by atoms with E-state index in [-0.39, 0.29) is 0 Å². The number of nitrogens with zero attached hydrogens (tertiary/aromatic N) is 2. The van der Waals surface area contributed by atoms with Crippen LogP contribution in [0.4, 0.5) is 0 Å². The van der Waals surface area contributed by atoms with E-state index in [1.807, 2.05) is 6.07 Å². The minimum Gasteiger partial charge on any atom is -0.464 e. The zero-order valence-corrected chi connectivity index (χ0v) is 15.1. The van der Waals surface area contributed by atoms with Gasteiger partial charge in [0.2, 0.25) is 0 Å². The predicted molar refractivity (Wildman–Crippen MR) is 99.4 cm³/mol. The van der Waals surface area contributed by atoms with E-state index in [1.165, 1.54) is 23.1 Å². The smallest absolute Gasteiger partial charge is 0.133 e. The molecule has 0 atom stereocenters. The molecule has 130 valence electrons. The van der Waals surface area contributed by atoms with E-state index in [0.717, 1.165) is 38.3 Å². The van der Waals surface area contributed by atoms with Gasteiger partial charge in [-0.3, -0.25) is 4.90 Å². The van der Waals surface area contributed by atoms with E-state index in [0.29, 0.717) is 5.92 Å². The van der Waals surface area contributed by atoms with Gasteiger partial charge in [0.05, 0.1) is 12.9 Å². The summed E-state index contributed by atoms with van der Waals surface area (Å²) in [6.45, 7) is 8.80. The number of nitrogens with one attached hydrogen (secondary N) is 1. The van der Waals surface area contributed by atoms with Crippen LogP contribution in [-0.2, 0) is 6.54 Å². The van der Waals surface area contributed by atoms with Crippen molar-refractivity contribution in [1.29, 1.82) is 0 Å². The molecule has 1 aliphatic heterocycles. The van der Waals surface area contributed by atoms with E-state index in [1.54, 1.807) is 6.26 Å². The first kappa shape index (κ1) is 16.9. The van der Waals surface area contributed by atoms with Crippen LogP contribution in [-0.4, -0.2) is 36.6 Å². The second kappa shape index (κ2) is 7.75. The fourth-order valence-corrected chi connectivity index (χ4v) is 3.38. The Morgan fingerprint density at radius 3 is 2.92 bits per heavy atom. The van der Waals surface area contributed by atoms with E-state index in [2.05, 4.69) is 60.4 Å². The Morgan fingerprint density at radius 2 is 2.17 bits per heavy atom. The summed E-state index contributed by atoms with van der Waals surface area (Å²) in [5, 5.41) is 4.48. The SMILES string of the molecule is CC(C)CN(CCCC1=CNCN1C)Cc1ccc2occc2c1. The van der Waals surface area contributed by atoms with Gasteiger partial charge in [0.15, 0.2) is 0 Å². The molecule has 0 unspecified atom stereocenters. The highest BCUT2D eigenvalue weighted by atomic mass is 16.3. The second-order valence-corrected chi connectivity index (χ2v) is 7.22. The Bertz CT molecular complexity index is 689. The van der Waals surface area contributed by atoms with Gasteiger partial charge < -0.3 is 14.6 Å². The number of rotatable bonds is 8. The molecule has 1 aromatic heterocycles. The fraction of sp³-hybridized carbons (Fsp3) is 0.500. The van der Waals surface area contributed by atoms with Crippen LogP contribution in [0.25, 0.3) is 11.0 Å². The van der Waals surface area contributed by atoms with Crippen LogP contribution in [0.5, 0.6) is 0 Å². The van der Waals surface area contributed by atoms with Crippen molar-refractivity contribution in [1.82, 2.24) is 15.1 Å². The molecule has 2 heterocycles. The second-order valence-electron chi connectivity index (χ2n) is 7.22. The quantitative estimate of drug-likeness (QED) is 0.794. The molecule has 0 amide bonds. The predicted octanol–water partition coefficient (Wildman–Crippen LogP) is 4.00. The highest BCUT2D eigenvalue weighted by molar-refractivity contribution is 5.77. The summed E-state index contributed by atoms with van der Waals surface area (Å²) in [5.41, 5.74) is 3.75. The molecule has 0 bridgehead atoms. The molecular formula is C20H29N3O. The van der Waals surface area contributed by atoms with Crippen molar-refractivity contribution in [3.05, 3.63) is 48.0 Å². The topological polar surface area (TPSA) is 31.6 Å². The summed E-state index contributed by atoms with van der Waals surface area (Å²) >= 11 is 0. The van der Waals surface area contributed by atoms with Gasteiger partial charge in [-0.15, -0.1) is 0 Å². The summed E-state index contributed by atoms with van der Waals surface area (Å²) in [6, 6.07) is 8.57. The normalized spacial score (nSPS) is 14.7. The van der Waals surface area contributed by atoms with Gasteiger partial charge in [0.1, 0.15) is 5.58 Å². The number of furan rings is 1. The maximum absolute atomic E-state index is 5.44. The third-order valence-electron chi connectivity index (χ3n) is 4.54. The van der Waals surface area contributed by atoms with Crippen LogP contribution in [0.1, 0.15) is 32.3 Å². The lowest BCUT2D eigenvalue weighted by Gasteiger charge is -2.25. The van der Waals surface area contributed by atoms with Crippen LogP contribution in [0, 0.1) is 5.92 Å². The molecule has 1 aromatic carbocycles. The van der Waals surface area contributed by atoms with Gasteiger partial charge in [-0.05, 0) is 49.1 Å². The molecular weight excluding hydrogens is 298 g/mol. The molecule has 1 aliphatic rings. The standard InChI is InChI=1S/C20H29N3O/c1-16(2)13-23(9-4-5-19-12-21-15-22(19)3)14-17-6-7-20-18(11-17)8-10-24-20/h6-8,10-12,16,21H,4-5,9,13-15H2,1-3H3. The minimum absolute atomic E-state index is 0.678. The van der Waals surface area contributed by atoms with Crippen LogP contribution in [0.3, 0.4) is 0 Å². The van der Waals surface area contributed by atoms with E-state index >= 15 is 0 Å². The van der Waals surface area contributed by atoms with Gasteiger partial charge in [0.25, 0.3) is 0 Å². The number of fused-ring (bicyclic) bond motifs is 1. The first-order valence-electron chi connectivity index (χ1n) is 8.94. The van der Waals surface area contributed by atoms with Gasteiger partial charge in [-0.2, -0.15) is 0 Å². The fourth-order valence-electron chi connectivity index (χ4n) is 3.38. The zero-order chi connectivity index (χ0) is 16.9. The van der Waals surface area contributed by atoms with E-state index in [4.69, 9.17) is 4.42 Å². The Balaban J connectivity index is 1.58. The molecule has 4 heteroatoms. The number of benzene rings is 1. The Morgan fingerprint density at radius 1 is 1.29 bits per heavy atom. The molecule has 0 spiro atoms. The van der Waals surface area contributed by atoms with Gasteiger partial charge >= 0.3 is 0 Å². The summed E-state index contributed by atoms with van der Waals surface area (Å²) in [5.74, 6) is 0.678. The van der Waals surface area contributed by atoms with Gasteiger partial charge in [-0.25, -0.2) is 0 Å². The largest absolute Gasteiger partial charge is 0.464 e. The molecule has 0 aliphatic carbocycles. The summed E-state index contributed by atoms with van der Waals surface area (Å²) in [7, 11) is 2.15. The van der Waals surface area contributed by atoms with Crippen molar-refractivity contribution in [2.45, 2.75) is 33.2 Å². The monoisotopic (exact) mass is 327 g/mol. The molecule has 0 fully saturated rings. The molecule has 0 saturated heterocycles. The third-order valence-corrected chi connectivity index (χ3v) is 4.54. The van der Waals surface area contributed by atoms with Gasteiger partial charge in [-0.1, -0.05) is 19.9 Å². The number of allylic oxidation sites excluding steroid dienone is 1. The van der Waals surface area contributed by atoms with Crippen molar-refractivity contribution < 1.29 is 4.42 Å². The molecule has 2 aromatic rings.